The second kappa shape index (κ2) is 13.6. The van der Waals surface area contributed by atoms with Crippen LogP contribution in [0.25, 0.3) is 0 Å². The average Bonchev–Trinajstić information content (AvgIpc) is 3.43. The van der Waals surface area contributed by atoms with Crippen molar-refractivity contribution in [3.63, 3.8) is 0 Å². The lowest BCUT2D eigenvalue weighted by atomic mass is 10.2. The zero-order valence-corrected chi connectivity index (χ0v) is 22.3. The van der Waals surface area contributed by atoms with E-state index in [9.17, 15) is 18.0 Å². The van der Waals surface area contributed by atoms with Gasteiger partial charge in [0.2, 0.25) is 10.0 Å². The molecule has 1 saturated heterocycles. The van der Waals surface area contributed by atoms with E-state index >= 15 is 0 Å². The van der Waals surface area contributed by atoms with E-state index in [1.54, 1.807) is 30.3 Å². The van der Waals surface area contributed by atoms with Gasteiger partial charge in [-0.3, -0.25) is 13.9 Å². The number of anilines is 1. The maximum Gasteiger partial charge on any atom is 0.260 e. The molecular weight excluding hydrogens is 516 g/mol. The van der Waals surface area contributed by atoms with Gasteiger partial charge in [-0.25, -0.2) is 13.8 Å². The highest BCUT2D eigenvalue weighted by Gasteiger charge is 2.22. The van der Waals surface area contributed by atoms with Gasteiger partial charge >= 0.3 is 0 Å². The lowest BCUT2D eigenvalue weighted by Crippen LogP contribution is -2.39. The Morgan fingerprint density at radius 2 is 1.84 bits per heavy atom. The van der Waals surface area contributed by atoms with Crippen molar-refractivity contribution in [2.24, 2.45) is 5.10 Å². The van der Waals surface area contributed by atoms with Crippen molar-refractivity contribution >= 4 is 33.7 Å². The molecule has 0 saturated carbocycles. The van der Waals surface area contributed by atoms with Gasteiger partial charge in [0.05, 0.1) is 38.5 Å². The summed E-state index contributed by atoms with van der Waals surface area (Å²) in [7, 11) is -0.893. The summed E-state index contributed by atoms with van der Waals surface area (Å²) in [5, 5.41) is 6.68. The Bertz CT molecular complexity index is 1230. The van der Waals surface area contributed by atoms with E-state index in [2.05, 4.69) is 15.8 Å². The number of benzene rings is 2. The molecule has 13 heteroatoms. The van der Waals surface area contributed by atoms with Crippen molar-refractivity contribution in [1.82, 2.24) is 10.7 Å². The number of nitrogens with zero attached hydrogens (tertiary/aromatic N) is 2. The van der Waals surface area contributed by atoms with Crippen LogP contribution in [-0.2, 0) is 24.3 Å². The summed E-state index contributed by atoms with van der Waals surface area (Å²) in [5.41, 5.74) is 3.21. The predicted molar refractivity (Wildman–Crippen MR) is 141 cm³/mol. The van der Waals surface area contributed by atoms with E-state index in [1.807, 2.05) is 0 Å². The summed E-state index contributed by atoms with van der Waals surface area (Å²) >= 11 is 0. The van der Waals surface area contributed by atoms with Gasteiger partial charge in [0.15, 0.2) is 18.1 Å². The molecule has 1 aliphatic rings. The fourth-order valence-electron chi connectivity index (χ4n) is 3.61. The van der Waals surface area contributed by atoms with Gasteiger partial charge in [-0.05, 0) is 54.8 Å². The van der Waals surface area contributed by atoms with E-state index in [0.717, 1.165) is 30.0 Å². The fourth-order valence-corrected chi connectivity index (χ4v) is 4.46. The van der Waals surface area contributed by atoms with Crippen molar-refractivity contribution in [1.29, 1.82) is 0 Å². The summed E-state index contributed by atoms with van der Waals surface area (Å²) in [5.74, 6) is 0.370. The lowest BCUT2D eigenvalue weighted by molar-refractivity contribution is -0.123. The smallest absolute Gasteiger partial charge is 0.260 e. The molecular formula is C25H32N4O8S. The molecule has 2 aromatic rings. The molecule has 2 amide bonds. The first-order valence-electron chi connectivity index (χ1n) is 11.8. The van der Waals surface area contributed by atoms with E-state index in [-0.39, 0.29) is 24.3 Å². The number of rotatable bonds is 13. The Kier molecular flexibility index (Phi) is 10.3. The number of carbonyl (C=O) groups excluding carboxylic acids is 2. The number of hydrogen-bond acceptors (Lipinski definition) is 9. The molecule has 1 aliphatic heterocycles. The molecule has 12 nitrogen and oxygen atoms in total. The quantitative estimate of drug-likeness (QED) is 0.281. The van der Waals surface area contributed by atoms with Crippen LogP contribution in [0.15, 0.2) is 47.6 Å². The summed E-state index contributed by atoms with van der Waals surface area (Å²) < 4.78 is 46.9. The van der Waals surface area contributed by atoms with Crippen LogP contribution >= 0.6 is 0 Å². The molecule has 1 atom stereocenters. The third kappa shape index (κ3) is 8.63. The zero-order valence-electron chi connectivity index (χ0n) is 21.5. The molecule has 0 unspecified atom stereocenters. The van der Waals surface area contributed by atoms with Crippen molar-refractivity contribution in [2.45, 2.75) is 18.9 Å². The number of hydrazone groups is 1. The number of methoxy groups -OCH3 is 2. The summed E-state index contributed by atoms with van der Waals surface area (Å²) in [6.45, 7) is 0.592. The maximum atomic E-state index is 12.4. The number of carbonyl (C=O) groups is 2. The largest absolute Gasteiger partial charge is 0.493 e. The third-order valence-corrected chi connectivity index (χ3v) is 6.69. The number of sulfonamides is 1. The van der Waals surface area contributed by atoms with E-state index in [1.165, 1.54) is 32.6 Å². The second-order valence-corrected chi connectivity index (χ2v) is 10.3. The molecule has 2 aromatic carbocycles. The Morgan fingerprint density at radius 1 is 1.11 bits per heavy atom. The maximum absolute atomic E-state index is 12.4. The van der Waals surface area contributed by atoms with Gasteiger partial charge < -0.3 is 24.3 Å². The third-order valence-electron chi connectivity index (χ3n) is 5.55. The van der Waals surface area contributed by atoms with Crippen LogP contribution in [0.3, 0.4) is 0 Å². The Hall–Kier alpha value is -3.84. The topological polar surface area (TPSA) is 145 Å². The van der Waals surface area contributed by atoms with Crippen LogP contribution < -0.4 is 29.3 Å². The van der Waals surface area contributed by atoms with Crippen LogP contribution in [0.2, 0.25) is 0 Å². The minimum Gasteiger partial charge on any atom is -0.493 e. The van der Waals surface area contributed by atoms with E-state index in [0.29, 0.717) is 29.4 Å². The molecule has 38 heavy (non-hydrogen) atoms. The molecule has 0 radical (unpaired) electrons. The van der Waals surface area contributed by atoms with Crippen LogP contribution in [0.1, 0.15) is 18.4 Å². The van der Waals surface area contributed by atoms with Crippen LogP contribution in [0.4, 0.5) is 5.69 Å². The van der Waals surface area contributed by atoms with Gasteiger partial charge in [0, 0.05) is 19.2 Å². The van der Waals surface area contributed by atoms with Gasteiger partial charge in [-0.2, -0.15) is 5.10 Å². The van der Waals surface area contributed by atoms with E-state index < -0.39 is 22.5 Å². The lowest BCUT2D eigenvalue weighted by Gasteiger charge is -2.22. The number of nitrogens with one attached hydrogen (secondary N) is 2. The Labute approximate surface area is 221 Å². The van der Waals surface area contributed by atoms with Crippen molar-refractivity contribution in [3.05, 3.63) is 48.0 Å². The van der Waals surface area contributed by atoms with Crippen molar-refractivity contribution in [2.75, 3.05) is 51.1 Å². The number of amides is 2. The molecule has 1 heterocycles. The first kappa shape index (κ1) is 28.7. The van der Waals surface area contributed by atoms with Gasteiger partial charge in [0.25, 0.3) is 11.8 Å². The Morgan fingerprint density at radius 3 is 2.47 bits per heavy atom. The minimum atomic E-state index is -3.78. The second-order valence-electron chi connectivity index (χ2n) is 8.40. The van der Waals surface area contributed by atoms with Crippen LogP contribution in [0.5, 0.6) is 17.2 Å². The standard InChI is InChI=1S/C25H32N4O8S/c1-34-22-11-8-19(13-23(22)35-2)29(38(3,32)33)16-24(30)28-27-14-18-6-9-20(10-7-18)37-17-25(31)26-15-21-5-4-12-36-21/h6-11,13-14,21H,4-5,12,15-17H2,1-3H3,(H,26,31)(H,28,30)/b27-14-/t21-/m0/s1. The highest BCUT2D eigenvalue weighted by molar-refractivity contribution is 7.92. The van der Waals surface area contributed by atoms with Crippen LogP contribution in [-0.4, -0.2) is 79.3 Å². The zero-order chi connectivity index (χ0) is 27.5. The highest BCUT2D eigenvalue weighted by atomic mass is 32.2. The monoisotopic (exact) mass is 548 g/mol. The molecule has 0 aliphatic carbocycles. The molecule has 1 fully saturated rings. The SMILES string of the molecule is COc1ccc(N(CC(=O)N/N=C\c2ccc(OCC(=O)NC[C@@H]3CCCO3)cc2)S(C)(=O)=O)cc1OC. The van der Waals surface area contributed by atoms with Gasteiger partial charge in [-0.15, -0.1) is 0 Å². The fraction of sp³-hybridized carbons (Fsp3) is 0.400. The first-order valence-corrected chi connectivity index (χ1v) is 13.7. The molecule has 0 spiro atoms. The molecule has 2 N–H and O–H groups in total. The van der Waals surface area contributed by atoms with Crippen molar-refractivity contribution < 1.29 is 37.0 Å². The number of hydrogen-bond donors (Lipinski definition) is 2. The summed E-state index contributed by atoms with van der Waals surface area (Å²) in [4.78, 5) is 24.4. The predicted octanol–water partition coefficient (Wildman–Crippen LogP) is 1.29. The highest BCUT2D eigenvalue weighted by Crippen LogP contribution is 2.32. The van der Waals surface area contributed by atoms with Gasteiger partial charge in [-0.1, -0.05) is 0 Å². The normalized spacial score (nSPS) is 15.2. The first-order chi connectivity index (χ1) is 18.2. The molecule has 3 rings (SSSR count). The molecule has 0 aromatic heterocycles. The Balaban J connectivity index is 1.49. The van der Waals surface area contributed by atoms with E-state index in [4.69, 9.17) is 18.9 Å². The summed E-state index contributed by atoms with van der Waals surface area (Å²) in [6, 6.07) is 11.2. The molecule has 206 valence electrons. The minimum absolute atomic E-state index is 0.0680. The van der Waals surface area contributed by atoms with Crippen molar-refractivity contribution in [3.8, 4) is 17.2 Å². The number of ether oxygens (including phenoxy) is 4. The van der Waals surface area contributed by atoms with Crippen LogP contribution in [0, 0.1) is 0 Å². The average molecular weight is 549 g/mol. The van der Waals surface area contributed by atoms with Gasteiger partial charge in [0.1, 0.15) is 12.3 Å². The molecule has 0 bridgehead atoms. The summed E-state index contributed by atoms with van der Waals surface area (Å²) in [6.07, 6.45) is 4.42.